The van der Waals surface area contributed by atoms with Crippen LogP contribution in [-0.2, 0) is 11.2 Å². The lowest BCUT2D eigenvalue weighted by Crippen LogP contribution is -2.50. The minimum atomic E-state index is -0.630. The van der Waals surface area contributed by atoms with Crippen LogP contribution in [0, 0.1) is 11.6 Å². The number of benzene rings is 2. The Morgan fingerprint density at radius 1 is 1.02 bits per heavy atom. The fourth-order valence-corrected chi connectivity index (χ4v) is 5.40. The molecular formula is C32H39F2N5O4. The number of hydrogen-bond donors (Lipinski definition) is 0. The molecule has 1 fully saturated rings. The van der Waals surface area contributed by atoms with Crippen molar-refractivity contribution in [1.29, 1.82) is 0 Å². The molecule has 11 heteroatoms. The molecule has 3 aromatic rings. The van der Waals surface area contributed by atoms with Crippen LogP contribution < -0.4 is 19.3 Å². The molecule has 1 saturated heterocycles. The van der Waals surface area contributed by atoms with Crippen molar-refractivity contribution in [2.45, 2.75) is 52.7 Å². The molecule has 0 atom stereocenters. The Labute approximate surface area is 251 Å². The van der Waals surface area contributed by atoms with Crippen LogP contribution in [0.1, 0.15) is 46.0 Å². The molecule has 2 aliphatic rings. The summed E-state index contributed by atoms with van der Waals surface area (Å²) in [6, 6.07) is 8.96. The maximum absolute atomic E-state index is 15.1. The summed E-state index contributed by atoms with van der Waals surface area (Å²) >= 11 is 0. The van der Waals surface area contributed by atoms with Crippen molar-refractivity contribution >= 4 is 17.5 Å². The summed E-state index contributed by atoms with van der Waals surface area (Å²) in [7, 11) is 1.61. The molecule has 0 aliphatic carbocycles. The lowest BCUT2D eigenvalue weighted by molar-refractivity contribution is 0.0240. The van der Waals surface area contributed by atoms with Crippen LogP contribution in [-0.4, -0.2) is 79.0 Å². The zero-order valence-corrected chi connectivity index (χ0v) is 25.6. The van der Waals surface area contributed by atoms with Gasteiger partial charge >= 0.3 is 6.09 Å². The summed E-state index contributed by atoms with van der Waals surface area (Å²) in [5.74, 6) is 0.0687. The van der Waals surface area contributed by atoms with Crippen LogP contribution in [0.2, 0.25) is 0 Å². The highest BCUT2D eigenvalue weighted by Crippen LogP contribution is 2.39. The van der Waals surface area contributed by atoms with Crippen molar-refractivity contribution in [2.75, 3.05) is 56.2 Å². The lowest BCUT2D eigenvalue weighted by atomic mass is 10.1. The molecule has 0 saturated carbocycles. The largest absolute Gasteiger partial charge is 0.495 e. The minimum absolute atomic E-state index is 0.0347. The predicted octanol–water partition coefficient (Wildman–Crippen LogP) is 5.69. The van der Waals surface area contributed by atoms with Crippen LogP contribution in [0.5, 0.6) is 11.5 Å². The first-order valence-electron chi connectivity index (χ1n) is 14.6. The highest BCUT2D eigenvalue weighted by Gasteiger charge is 2.28. The van der Waals surface area contributed by atoms with Gasteiger partial charge in [-0.1, -0.05) is 6.07 Å². The maximum atomic E-state index is 15.1. The molecule has 1 amide bonds. The molecule has 0 spiro atoms. The van der Waals surface area contributed by atoms with Crippen LogP contribution in [0.3, 0.4) is 0 Å². The van der Waals surface area contributed by atoms with Gasteiger partial charge in [-0.3, -0.25) is 0 Å². The van der Waals surface area contributed by atoms with Crippen molar-refractivity contribution in [2.24, 2.45) is 0 Å². The molecule has 2 aliphatic heterocycles. The van der Waals surface area contributed by atoms with Crippen LogP contribution in [0.4, 0.5) is 25.0 Å². The standard InChI is InChI=1S/C32H39F2N5O4/c1-20(2)39-13-14-42-30-23(33)17-22(18-26(30)39)29-24(34)19-35-28(36-29)16-21-7-8-25(27(15-21)41-6)37-9-11-38(12-10-37)31(40)43-32(3,4)5/h7-8,15,17-20H,9-14,16H2,1-6H3. The van der Waals surface area contributed by atoms with Gasteiger partial charge in [0.25, 0.3) is 0 Å². The Kier molecular flexibility index (Phi) is 8.62. The van der Waals surface area contributed by atoms with Gasteiger partial charge in [0.2, 0.25) is 0 Å². The number of aromatic nitrogens is 2. The first-order chi connectivity index (χ1) is 20.4. The van der Waals surface area contributed by atoms with Gasteiger partial charge in [-0.25, -0.2) is 23.5 Å². The quantitative estimate of drug-likeness (QED) is 0.360. The molecule has 9 nitrogen and oxygen atoms in total. The number of carbonyl (C=O) groups excluding carboxylic acids is 1. The zero-order chi connectivity index (χ0) is 30.9. The number of hydrogen-bond acceptors (Lipinski definition) is 8. The van der Waals surface area contributed by atoms with Crippen LogP contribution in [0.25, 0.3) is 11.3 Å². The molecule has 3 heterocycles. The molecule has 0 unspecified atom stereocenters. The normalized spacial score (nSPS) is 15.3. The second-order valence-corrected chi connectivity index (χ2v) is 12.1. The van der Waals surface area contributed by atoms with E-state index >= 15 is 4.39 Å². The third-order valence-corrected chi connectivity index (χ3v) is 7.48. The summed E-state index contributed by atoms with van der Waals surface area (Å²) in [5.41, 5.74) is 2.20. The summed E-state index contributed by atoms with van der Waals surface area (Å²) < 4.78 is 46.9. The van der Waals surface area contributed by atoms with Gasteiger partial charge in [0.1, 0.15) is 29.5 Å². The molecule has 2 aromatic carbocycles. The first kappa shape index (κ1) is 30.3. The van der Waals surface area contributed by atoms with E-state index in [4.69, 9.17) is 14.2 Å². The molecule has 5 rings (SSSR count). The van der Waals surface area contributed by atoms with E-state index in [0.717, 1.165) is 17.4 Å². The lowest BCUT2D eigenvalue weighted by Gasteiger charge is -2.37. The van der Waals surface area contributed by atoms with E-state index in [1.54, 1.807) is 18.1 Å². The number of carbonyl (C=O) groups is 1. The fourth-order valence-electron chi connectivity index (χ4n) is 5.40. The number of nitrogens with zero attached hydrogens (tertiary/aromatic N) is 5. The topological polar surface area (TPSA) is 80.3 Å². The van der Waals surface area contributed by atoms with Crippen molar-refractivity contribution in [3.05, 3.63) is 59.6 Å². The number of piperazine rings is 1. The number of fused-ring (bicyclic) bond motifs is 1. The van der Waals surface area contributed by atoms with E-state index in [9.17, 15) is 9.18 Å². The van der Waals surface area contributed by atoms with Crippen molar-refractivity contribution in [3.8, 4) is 22.8 Å². The second kappa shape index (κ2) is 12.2. The zero-order valence-electron chi connectivity index (χ0n) is 25.6. The average Bonchev–Trinajstić information content (AvgIpc) is 2.97. The average molecular weight is 596 g/mol. The Morgan fingerprint density at radius 2 is 1.77 bits per heavy atom. The molecule has 43 heavy (non-hydrogen) atoms. The number of methoxy groups -OCH3 is 1. The molecule has 0 radical (unpaired) electrons. The van der Waals surface area contributed by atoms with E-state index in [1.165, 1.54) is 6.07 Å². The summed E-state index contributed by atoms with van der Waals surface area (Å²) in [4.78, 5) is 27.1. The van der Waals surface area contributed by atoms with Crippen LogP contribution >= 0.6 is 0 Å². The van der Waals surface area contributed by atoms with E-state index in [2.05, 4.69) is 14.9 Å². The van der Waals surface area contributed by atoms with Gasteiger partial charge in [0.05, 0.1) is 31.2 Å². The van der Waals surface area contributed by atoms with Gasteiger partial charge in [0.15, 0.2) is 17.4 Å². The summed E-state index contributed by atoms with van der Waals surface area (Å²) in [6.45, 7) is 13.0. The Morgan fingerprint density at radius 3 is 2.44 bits per heavy atom. The van der Waals surface area contributed by atoms with E-state index < -0.39 is 17.2 Å². The number of anilines is 2. The third-order valence-electron chi connectivity index (χ3n) is 7.48. The monoisotopic (exact) mass is 595 g/mol. The first-order valence-corrected chi connectivity index (χ1v) is 14.6. The van der Waals surface area contributed by atoms with E-state index in [1.807, 2.05) is 57.7 Å². The summed E-state index contributed by atoms with van der Waals surface area (Å²) in [5, 5.41) is 0. The van der Waals surface area contributed by atoms with Gasteiger partial charge in [0, 0.05) is 44.2 Å². The van der Waals surface area contributed by atoms with E-state index in [-0.39, 0.29) is 23.6 Å². The Bertz CT molecular complexity index is 1490. The molecule has 0 bridgehead atoms. The van der Waals surface area contributed by atoms with Crippen molar-refractivity contribution < 1.29 is 27.8 Å². The van der Waals surface area contributed by atoms with Gasteiger partial charge in [-0.05, 0) is 64.4 Å². The van der Waals surface area contributed by atoms with E-state index in [0.29, 0.717) is 68.6 Å². The third kappa shape index (κ3) is 6.76. The molecule has 1 aromatic heterocycles. The molecule has 0 N–H and O–H groups in total. The SMILES string of the molecule is COc1cc(Cc2ncc(F)c(-c3cc(F)c4c(c3)N(C(C)C)CCO4)n2)ccc1N1CCN(C(=O)OC(C)(C)C)CC1. The molecule has 230 valence electrons. The number of halogens is 2. The fraction of sp³-hybridized carbons (Fsp3) is 0.469. The number of rotatable bonds is 6. The highest BCUT2D eigenvalue weighted by molar-refractivity contribution is 5.72. The van der Waals surface area contributed by atoms with Crippen molar-refractivity contribution in [1.82, 2.24) is 14.9 Å². The Hall–Kier alpha value is -4.15. The smallest absolute Gasteiger partial charge is 0.410 e. The second-order valence-electron chi connectivity index (χ2n) is 12.1. The van der Waals surface area contributed by atoms with Gasteiger partial charge in [-0.15, -0.1) is 0 Å². The minimum Gasteiger partial charge on any atom is -0.495 e. The predicted molar refractivity (Wildman–Crippen MR) is 161 cm³/mol. The Balaban J connectivity index is 1.33. The van der Waals surface area contributed by atoms with Crippen molar-refractivity contribution in [3.63, 3.8) is 0 Å². The highest BCUT2D eigenvalue weighted by atomic mass is 19.1. The van der Waals surface area contributed by atoms with Crippen LogP contribution in [0.15, 0.2) is 36.5 Å². The van der Waals surface area contributed by atoms with Gasteiger partial charge in [-0.2, -0.15) is 0 Å². The maximum Gasteiger partial charge on any atom is 0.410 e. The number of amides is 1. The molecular weight excluding hydrogens is 556 g/mol. The number of ether oxygens (including phenoxy) is 3. The summed E-state index contributed by atoms with van der Waals surface area (Å²) in [6.07, 6.45) is 1.14. The van der Waals surface area contributed by atoms with Gasteiger partial charge < -0.3 is 28.9 Å².